The summed E-state index contributed by atoms with van der Waals surface area (Å²) in [7, 11) is 0. The van der Waals surface area contributed by atoms with Crippen molar-refractivity contribution < 1.29 is 9.36 Å². The number of fused-ring (bicyclic) bond motifs is 4. The van der Waals surface area contributed by atoms with Crippen LogP contribution in [0.25, 0.3) is 28.0 Å². The molecule has 0 amide bonds. The van der Waals surface area contributed by atoms with Gasteiger partial charge in [-0.3, -0.25) is 0 Å². The van der Waals surface area contributed by atoms with E-state index in [0.29, 0.717) is 0 Å². The molecule has 0 atom stereocenters. The lowest BCUT2D eigenvalue weighted by molar-refractivity contribution is 0.242. The lowest BCUT2D eigenvalue weighted by Crippen LogP contribution is -2.14. The summed E-state index contributed by atoms with van der Waals surface area (Å²) in [4.78, 5) is 9.88. The molecule has 0 radical (unpaired) electrons. The van der Waals surface area contributed by atoms with Crippen LogP contribution in [0.3, 0.4) is 0 Å². The predicted octanol–water partition coefficient (Wildman–Crippen LogP) is 2.24. The van der Waals surface area contributed by atoms with Crippen LogP contribution in [0.5, 0.6) is 5.75 Å². The molecular weight excluding hydrogens is 218 g/mol. The largest absolute Gasteiger partial charge is 0.381 e. The lowest BCUT2D eigenvalue weighted by atomic mass is 10.1. The molecule has 2 aromatic heterocycles. The summed E-state index contributed by atoms with van der Waals surface area (Å²) in [5.74, 6) is 0.766. The van der Waals surface area contributed by atoms with E-state index >= 15 is 0 Å². The molecule has 0 unspecified atom stereocenters. The van der Waals surface area contributed by atoms with Crippen LogP contribution in [0, 0.1) is 0 Å². The number of rotatable bonds is 0. The Labute approximate surface area is 95.6 Å². The van der Waals surface area contributed by atoms with E-state index in [1.165, 1.54) is 6.26 Å². The van der Waals surface area contributed by atoms with Crippen LogP contribution in [0.15, 0.2) is 35.2 Å². The molecule has 82 valence electrons. The Bertz CT molecular complexity index is 761. The van der Waals surface area contributed by atoms with E-state index in [0.717, 1.165) is 33.2 Å². The van der Waals surface area contributed by atoms with Gasteiger partial charge < -0.3 is 9.36 Å². The van der Waals surface area contributed by atoms with E-state index in [-0.39, 0.29) is 0 Å². The minimum atomic E-state index is 0.726. The summed E-state index contributed by atoms with van der Waals surface area (Å²) < 4.78 is 4.90. The van der Waals surface area contributed by atoms with Crippen molar-refractivity contribution in [2.45, 2.75) is 0 Å². The zero-order chi connectivity index (χ0) is 11.2. The van der Waals surface area contributed by atoms with Gasteiger partial charge in [-0.25, -0.2) is 10.5 Å². The van der Waals surface area contributed by atoms with Gasteiger partial charge in [0.05, 0.1) is 5.52 Å². The molecule has 0 fully saturated rings. The van der Waals surface area contributed by atoms with Gasteiger partial charge in [-0.05, 0) is 24.3 Å². The highest BCUT2D eigenvalue weighted by Crippen LogP contribution is 2.32. The molecule has 1 aromatic carbocycles. The molecule has 0 bridgehead atoms. The molecule has 0 spiro atoms. The molecule has 4 rings (SSSR count). The Morgan fingerprint density at radius 2 is 2.12 bits per heavy atom. The van der Waals surface area contributed by atoms with Crippen LogP contribution in [0.4, 0.5) is 0 Å². The van der Waals surface area contributed by atoms with Crippen molar-refractivity contribution in [1.82, 2.24) is 15.6 Å². The molecule has 17 heavy (non-hydrogen) atoms. The Hall–Kier alpha value is -2.56. The van der Waals surface area contributed by atoms with Crippen molar-refractivity contribution in [3.05, 3.63) is 36.2 Å². The Kier molecular flexibility index (Phi) is 1.50. The Morgan fingerprint density at radius 1 is 1.12 bits per heavy atom. The summed E-state index contributed by atoms with van der Waals surface area (Å²) in [5, 5.41) is 4.80. The van der Waals surface area contributed by atoms with Crippen LogP contribution < -0.4 is 10.3 Å². The van der Waals surface area contributed by atoms with Crippen molar-refractivity contribution in [2.75, 3.05) is 0 Å². The van der Waals surface area contributed by atoms with Crippen LogP contribution in [0.1, 0.15) is 5.56 Å². The molecule has 0 aliphatic carbocycles. The van der Waals surface area contributed by atoms with E-state index in [1.807, 2.05) is 24.3 Å². The smallest absolute Gasteiger partial charge is 0.171 e. The summed E-state index contributed by atoms with van der Waals surface area (Å²) in [5.41, 5.74) is 6.07. The fraction of sp³-hybridized carbons (Fsp3) is 0. The van der Waals surface area contributed by atoms with E-state index in [2.05, 4.69) is 15.6 Å². The number of nitrogens with zero attached hydrogens (tertiary/aromatic N) is 2. The van der Waals surface area contributed by atoms with E-state index < -0.39 is 0 Å². The maximum atomic E-state index is 5.43. The van der Waals surface area contributed by atoms with Gasteiger partial charge in [0.25, 0.3) is 0 Å². The number of benzene rings is 1. The molecule has 5 heteroatoms. The third-order valence-electron chi connectivity index (χ3n) is 2.80. The van der Waals surface area contributed by atoms with Crippen molar-refractivity contribution in [1.29, 1.82) is 0 Å². The first-order chi connectivity index (χ1) is 8.42. The van der Waals surface area contributed by atoms with Crippen molar-refractivity contribution in [3.63, 3.8) is 0 Å². The third kappa shape index (κ3) is 1.13. The fourth-order valence-electron chi connectivity index (χ4n) is 2.00. The monoisotopic (exact) mass is 225 g/mol. The molecule has 1 N–H and O–H groups in total. The van der Waals surface area contributed by atoms with Gasteiger partial charge in [0.1, 0.15) is 17.3 Å². The number of hydroxylamine groups is 1. The van der Waals surface area contributed by atoms with Crippen molar-refractivity contribution in [3.8, 4) is 5.75 Å². The fourth-order valence-corrected chi connectivity index (χ4v) is 2.00. The predicted molar refractivity (Wildman–Crippen MR) is 62.1 cm³/mol. The quantitative estimate of drug-likeness (QED) is 0.635. The van der Waals surface area contributed by atoms with Crippen LogP contribution in [-0.4, -0.2) is 10.1 Å². The zero-order valence-corrected chi connectivity index (χ0v) is 8.68. The molecule has 0 saturated carbocycles. The average Bonchev–Trinajstić information content (AvgIpc) is 2.83. The highest BCUT2D eigenvalue weighted by Gasteiger charge is 2.13. The SMILES string of the molecule is C1=Cc2ccc3nc4conc4cc3c2ON1. The summed E-state index contributed by atoms with van der Waals surface area (Å²) in [6.07, 6.45) is 5.23. The second-order valence-electron chi connectivity index (χ2n) is 3.81. The number of nitrogens with one attached hydrogen (secondary N) is 1. The van der Waals surface area contributed by atoms with Gasteiger partial charge in [-0.2, -0.15) is 0 Å². The summed E-state index contributed by atoms with van der Waals surface area (Å²) >= 11 is 0. The first-order valence-corrected chi connectivity index (χ1v) is 5.18. The van der Waals surface area contributed by atoms with E-state index in [4.69, 9.17) is 9.36 Å². The topological polar surface area (TPSA) is 60.2 Å². The number of hydrogen-bond donors (Lipinski definition) is 1. The number of hydrogen-bond acceptors (Lipinski definition) is 5. The van der Waals surface area contributed by atoms with Gasteiger partial charge in [-0.1, -0.05) is 5.16 Å². The van der Waals surface area contributed by atoms with E-state index in [1.54, 1.807) is 6.20 Å². The molecule has 5 nitrogen and oxygen atoms in total. The molecule has 1 aliphatic rings. The number of aromatic nitrogens is 2. The highest BCUT2D eigenvalue weighted by molar-refractivity contribution is 5.96. The zero-order valence-electron chi connectivity index (χ0n) is 8.68. The van der Waals surface area contributed by atoms with Crippen molar-refractivity contribution in [2.24, 2.45) is 0 Å². The molecular formula is C12H7N3O2. The normalized spacial score (nSPS) is 13.4. The Morgan fingerprint density at radius 3 is 3.12 bits per heavy atom. The summed E-state index contributed by atoms with van der Waals surface area (Å²) in [6.45, 7) is 0. The second-order valence-corrected chi connectivity index (χ2v) is 3.81. The molecule has 1 aliphatic heterocycles. The first-order valence-electron chi connectivity index (χ1n) is 5.18. The minimum Gasteiger partial charge on any atom is -0.381 e. The second kappa shape index (κ2) is 2.98. The minimum absolute atomic E-state index is 0.726. The van der Waals surface area contributed by atoms with Gasteiger partial charge in [0.2, 0.25) is 0 Å². The lowest BCUT2D eigenvalue weighted by Gasteiger charge is -2.14. The highest BCUT2D eigenvalue weighted by atomic mass is 16.6. The van der Waals surface area contributed by atoms with Crippen LogP contribution >= 0.6 is 0 Å². The van der Waals surface area contributed by atoms with Gasteiger partial charge in [0, 0.05) is 17.1 Å². The van der Waals surface area contributed by atoms with Gasteiger partial charge >= 0.3 is 0 Å². The Balaban J connectivity index is 2.17. The van der Waals surface area contributed by atoms with E-state index in [9.17, 15) is 0 Å². The summed E-state index contributed by atoms with van der Waals surface area (Å²) in [6, 6.07) is 5.85. The number of pyridine rings is 1. The third-order valence-corrected chi connectivity index (χ3v) is 2.80. The van der Waals surface area contributed by atoms with Crippen LogP contribution in [-0.2, 0) is 0 Å². The maximum Gasteiger partial charge on any atom is 0.171 e. The van der Waals surface area contributed by atoms with Crippen molar-refractivity contribution >= 4 is 28.0 Å². The van der Waals surface area contributed by atoms with Gasteiger partial charge in [0.15, 0.2) is 5.75 Å². The molecule has 0 saturated heterocycles. The first kappa shape index (κ1) is 8.58. The van der Waals surface area contributed by atoms with Gasteiger partial charge in [-0.15, -0.1) is 0 Å². The average molecular weight is 225 g/mol. The standard InChI is InChI=1S/C12H7N3O2/c1-2-9-8(12-7(1)3-4-13-17-12)5-10-11(14-9)6-16-15-10/h1-6,13H. The molecule has 3 aromatic rings. The molecule has 3 heterocycles. The van der Waals surface area contributed by atoms with Crippen LogP contribution in [0.2, 0.25) is 0 Å². The maximum absolute atomic E-state index is 5.43.